The lowest BCUT2D eigenvalue weighted by molar-refractivity contribution is -0.125. The highest BCUT2D eigenvalue weighted by Crippen LogP contribution is 2.09. The second-order valence-electron chi connectivity index (χ2n) is 4.81. The normalized spacial score (nSPS) is 10.3. The van der Waals surface area contributed by atoms with Crippen LogP contribution in [0.4, 0.5) is 4.39 Å². The summed E-state index contributed by atoms with van der Waals surface area (Å²) in [6, 6.07) is 7.83. The van der Waals surface area contributed by atoms with Gasteiger partial charge in [0.1, 0.15) is 5.82 Å². The number of nitrogens with two attached hydrogens (primary N) is 1. The second-order valence-corrected chi connectivity index (χ2v) is 4.81. The van der Waals surface area contributed by atoms with Crippen LogP contribution in [0.2, 0.25) is 0 Å². The molecule has 0 aliphatic heterocycles. The minimum Gasteiger partial charge on any atom is -0.354 e. The molecule has 0 saturated carbocycles. The average Bonchev–Trinajstić information content (AvgIpc) is 3.02. The zero-order chi connectivity index (χ0) is 16.7. The van der Waals surface area contributed by atoms with E-state index < -0.39 is 0 Å². The van der Waals surface area contributed by atoms with E-state index in [2.05, 4.69) is 15.7 Å². The quantitative estimate of drug-likeness (QED) is 0.654. The van der Waals surface area contributed by atoms with E-state index in [1.807, 2.05) is 6.07 Å². The maximum Gasteiger partial charge on any atom is 0.239 e. The van der Waals surface area contributed by atoms with Crippen molar-refractivity contribution in [1.82, 2.24) is 20.4 Å². The fourth-order valence-electron chi connectivity index (χ4n) is 1.88. The third-order valence-corrected chi connectivity index (χ3v) is 3.07. The van der Waals surface area contributed by atoms with Crippen LogP contribution >= 0.6 is 0 Å². The fourth-order valence-corrected chi connectivity index (χ4v) is 1.88. The Hall–Kier alpha value is -2.74. The molecule has 0 atom stereocenters. The monoisotopic (exact) mass is 319 g/mol. The van der Waals surface area contributed by atoms with Crippen LogP contribution in [0.25, 0.3) is 5.69 Å². The number of carbonyl (C=O) groups is 2. The molecule has 8 heteroatoms. The first-order valence-corrected chi connectivity index (χ1v) is 7.12. The Morgan fingerprint density at radius 2 is 1.87 bits per heavy atom. The molecule has 0 saturated heterocycles. The van der Waals surface area contributed by atoms with Gasteiger partial charge in [-0.3, -0.25) is 9.59 Å². The molecule has 7 nitrogen and oxygen atoms in total. The molecule has 2 aromatic rings. The van der Waals surface area contributed by atoms with Gasteiger partial charge in [-0.1, -0.05) is 0 Å². The molecule has 2 amide bonds. The molecule has 0 fully saturated rings. The van der Waals surface area contributed by atoms with Crippen molar-refractivity contribution in [3.63, 3.8) is 0 Å². The summed E-state index contributed by atoms with van der Waals surface area (Å²) < 4.78 is 14.5. The summed E-state index contributed by atoms with van der Waals surface area (Å²) in [6.45, 7) is 0.159. The van der Waals surface area contributed by atoms with Crippen LogP contribution in [0.1, 0.15) is 5.69 Å². The zero-order valence-electron chi connectivity index (χ0n) is 12.5. The van der Waals surface area contributed by atoms with Crippen LogP contribution in [0.3, 0.4) is 0 Å². The highest BCUT2D eigenvalue weighted by Gasteiger charge is 2.05. The van der Waals surface area contributed by atoms with Gasteiger partial charge in [0.2, 0.25) is 11.8 Å². The van der Waals surface area contributed by atoms with Crippen molar-refractivity contribution in [3.05, 3.63) is 48.0 Å². The van der Waals surface area contributed by atoms with Crippen LogP contribution in [-0.4, -0.2) is 41.2 Å². The van der Waals surface area contributed by atoms with Gasteiger partial charge in [-0.15, -0.1) is 0 Å². The van der Waals surface area contributed by atoms with Crippen molar-refractivity contribution in [3.8, 4) is 5.69 Å². The van der Waals surface area contributed by atoms with E-state index in [-0.39, 0.29) is 30.7 Å². The molecule has 1 heterocycles. The smallest absolute Gasteiger partial charge is 0.239 e. The van der Waals surface area contributed by atoms with Crippen molar-refractivity contribution in [2.24, 2.45) is 5.73 Å². The minimum absolute atomic E-state index is 0.0972. The van der Waals surface area contributed by atoms with E-state index in [1.54, 1.807) is 23.0 Å². The number of amides is 2. The van der Waals surface area contributed by atoms with Crippen LogP contribution in [0.5, 0.6) is 0 Å². The minimum atomic E-state index is -0.377. The Morgan fingerprint density at radius 3 is 2.57 bits per heavy atom. The number of nitrogens with one attached hydrogen (secondary N) is 2. The van der Waals surface area contributed by atoms with Gasteiger partial charge in [0, 0.05) is 19.2 Å². The molecule has 0 spiro atoms. The molecule has 122 valence electrons. The average molecular weight is 319 g/mol. The van der Waals surface area contributed by atoms with E-state index in [9.17, 15) is 14.0 Å². The van der Waals surface area contributed by atoms with Crippen molar-refractivity contribution >= 4 is 11.8 Å². The number of hydrogen-bond donors (Lipinski definition) is 3. The summed E-state index contributed by atoms with van der Waals surface area (Å²) >= 11 is 0. The first-order valence-electron chi connectivity index (χ1n) is 7.12. The zero-order valence-corrected chi connectivity index (χ0v) is 12.5. The summed E-state index contributed by atoms with van der Waals surface area (Å²) in [7, 11) is 0. The number of carbonyl (C=O) groups excluding carboxylic acids is 2. The molecular formula is C15H18FN5O2. The summed E-state index contributed by atoms with van der Waals surface area (Å²) in [5, 5.41) is 9.41. The highest BCUT2D eigenvalue weighted by molar-refractivity contribution is 5.85. The highest BCUT2D eigenvalue weighted by atomic mass is 19.1. The number of hydrogen-bond acceptors (Lipinski definition) is 4. The van der Waals surface area contributed by atoms with Gasteiger partial charge < -0.3 is 16.4 Å². The van der Waals surface area contributed by atoms with E-state index in [0.717, 1.165) is 11.4 Å². The molecule has 0 aliphatic carbocycles. The molecule has 0 unspecified atom stereocenters. The Bertz CT molecular complexity index is 669. The van der Waals surface area contributed by atoms with Gasteiger partial charge in [-0.05, 0) is 30.3 Å². The first kappa shape index (κ1) is 16.6. The van der Waals surface area contributed by atoms with E-state index in [0.29, 0.717) is 13.0 Å². The number of rotatable bonds is 7. The molecule has 23 heavy (non-hydrogen) atoms. The van der Waals surface area contributed by atoms with Gasteiger partial charge >= 0.3 is 0 Å². The molecule has 1 aromatic heterocycles. The predicted molar refractivity (Wildman–Crippen MR) is 82.3 cm³/mol. The topological polar surface area (TPSA) is 102 Å². The van der Waals surface area contributed by atoms with E-state index >= 15 is 0 Å². The largest absolute Gasteiger partial charge is 0.354 e. The Labute approximate surface area is 132 Å². The van der Waals surface area contributed by atoms with Crippen LogP contribution in [0, 0.1) is 5.82 Å². The lowest BCUT2D eigenvalue weighted by atomic mass is 10.3. The first-order chi connectivity index (χ1) is 11.1. The predicted octanol–water partition coefficient (Wildman–Crippen LogP) is -0.255. The number of benzene rings is 1. The molecular weight excluding hydrogens is 301 g/mol. The summed E-state index contributed by atoms with van der Waals surface area (Å²) in [5.41, 5.74) is 6.67. The Morgan fingerprint density at radius 1 is 1.13 bits per heavy atom. The molecule has 0 radical (unpaired) electrons. The van der Waals surface area contributed by atoms with Crippen molar-refractivity contribution < 1.29 is 14.0 Å². The van der Waals surface area contributed by atoms with Crippen molar-refractivity contribution in [2.75, 3.05) is 19.6 Å². The van der Waals surface area contributed by atoms with Crippen LogP contribution in [-0.2, 0) is 16.0 Å². The maximum absolute atomic E-state index is 12.9. The molecule has 4 N–H and O–H groups in total. The SMILES string of the molecule is NCC(=O)NCC(=O)NCCc1ccn(-c2ccc(F)cc2)n1. The Kier molecular flexibility index (Phi) is 5.81. The third-order valence-electron chi connectivity index (χ3n) is 3.07. The van der Waals surface area contributed by atoms with Crippen LogP contribution < -0.4 is 16.4 Å². The van der Waals surface area contributed by atoms with Crippen LogP contribution in [0.15, 0.2) is 36.5 Å². The van der Waals surface area contributed by atoms with Crippen molar-refractivity contribution in [2.45, 2.75) is 6.42 Å². The summed E-state index contributed by atoms with van der Waals surface area (Å²) in [5.74, 6) is -0.964. The maximum atomic E-state index is 12.9. The van der Waals surface area contributed by atoms with Gasteiger partial charge in [0.25, 0.3) is 0 Å². The summed E-state index contributed by atoms with van der Waals surface area (Å²) in [4.78, 5) is 22.4. The standard InChI is InChI=1S/C15H18FN5O2/c16-11-1-3-13(4-2-11)21-8-6-12(20-21)5-7-18-15(23)10-19-14(22)9-17/h1-4,6,8H,5,7,9-10,17H2,(H,18,23)(H,19,22). The lowest BCUT2D eigenvalue weighted by Crippen LogP contribution is -2.40. The Balaban J connectivity index is 1.78. The van der Waals surface area contributed by atoms with Gasteiger partial charge in [-0.25, -0.2) is 9.07 Å². The number of halogens is 1. The van der Waals surface area contributed by atoms with E-state index in [1.165, 1.54) is 12.1 Å². The molecule has 0 aliphatic rings. The fraction of sp³-hybridized carbons (Fsp3) is 0.267. The van der Waals surface area contributed by atoms with E-state index in [4.69, 9.17) is 5.73 Å². The van der Waals surface area contributed by atoms with Gasteiger partial charge in [-0.2, -0.15) is 5.10 Å². The second kappa shape index (κ2) is 8.04. The lowest BCUT2D eigenvalue weighted by Gasteiger charge is -2.05. The van der Waals surface area contributed by atoms with Gasteiger partial charge in [0.15, 0.2) is 0 Å². The third kappa shape index (κ3) is 5.19. The molecule has 2 rings (SSSR count). The van der Waals surface area contributed by atoms with Gasteiger partial charge in [0.05, 0.1) is 24.5 Å². The van der Waals surface area contributed by atoms with Crippen molar-refractivity contribution in [1.29, 1.82) is 0 Å². The molecule has 1 aromatic carbocycles. The number of nitrogens with zero attached hydrogens (tertiary/aromatic N) is 2. The number of aromatic nitrogens is 2. The summed E-state index contributed by atoms with van der Waals surface area (Å²) in [6.07, 6.45) is 2.32. The molecule has 0 bridgehead atoms.